The summed E-state index contributed by atoms with van der Waals surface area (Å²) in [5.41, 5.74) is 2.12. The minimum absolute atomic E-state index is 0.0351. The standard InChI is InChI=1S/C26H31N3O5/c1-33-22-7-6-17(11-23(22)34-2)8-9-27-16-20(12-25(27)31)26(32)28-13-18-10-19(15-28)21-4-3-5-24(30)29(21)14-18/h3-7,11,18-20H,8-10,12-16H2,1-2H3/t18-,19+,20?/m1/s1. The number of hydrogen-bond donors (Lipinski definition) is 0. The molecule has 3 aliphatic heterocycles. The van der Waals surface area contributed by atoms with Crippen LogP contribution in [0, 0.1) is 11.8 Å². The number of nitrogens with zero attached hydrogens (tertiary/aromatic N) is 3. The largest absolute Gasteiger partial charge is 0.493 e. The maximum Gasteiger partial charge on any atom is 0.250 e. The van der Waals surface area contributed by atoms with Crippen LogP contribution in [-0.4, -0.2) is 66.6 Å². The normalized spacial score (nSPS) is 23.6. The molecule has 0 spiro atoms. The van der Waals surface area contributed by atoms with Gasteiger partial charge in [0.05, 0.1) is 20.1 Å². The Bertz CT molecular complexity index is 1160. The molecular formula is C26H31N3O5. The number of fused-ring (bicyclic) bond motifs is 4. The molecule has 2 amide bonds. The molecule has 3 atom stereocenters. The number of carbonyl (C=O) groups is 2. The number of piperidine rings is 1. The number of benzene rings is 1. The number of carbonyl (C=O) groups excluding carboxylic acids is 2. The summed E-state index contributed by atoms with van der Waals surface area (Å²) in [4.78, 5) is 42.1. The van der Waals surface area contributed by atoms with Crippen molar-refractivity contribution in [1.29, 1.82) is 0 Å². The van der Waals surface area contributed by atoms with Gasteiger partial charge in [0.1, 0.15) is 0 Å². The fourth-order valence-corrected chi connectivity index (χ4v) is 5.79. The highest BCUT2D eigenvalue weighted by atomic mass is 16.5. The quantitative estimate of drug-likeness (QED) is 0.651. The molecule has 2 saturated heterocycles. The van der Waals surface area contributed by atoms with Gasteiger partial charge >= 0.3 is 0 Å². The lowest BCUT2D eigenvalue weighted by atomic mass is 9.82. The molecule has 8 heteroatoms. The van der Waals surface area contributed by atoms with Gasteiger partial charge in [0.2, 0.25) is 11.8 Å². The molecule has 5 rings (SSSR count). The third-order valence-corrected chi connectivity index (χ3v) is 7.47. The van der Waals surface area contributed by atoms with E-state index in [9.17, 15) is 14.4 Å². The SMILES string of the molecule is COc1ccc(CCN2CC(C(=O)N3C[C@H]4C[C@@H](C3)c3cccc(=O)n3C4)CC2=O)cc1OC. The van der Waals surface area contributed by atoms with Crippen LogP contribution in [-0.2, 0) is 22.6 Å². The van der Waals surface area contributed by atoms with E-state index in [-0.39, 0.29) is 41.5 Å². The number of hydrogen-bond acceptors (Lipinski definition) is 5. The van der Waals surface area contributed by atoms with E-state index in [1.54, 1.807) is 31.3 Å². The minimum Gasteiger partial charge on any atom is -0.493 e. The topological polar surface area (TPSA) is 81.1 Å². The van der Waals surface area contributed by atoms with Crippen LogP contribution in [0.15, 0.2) is 41.2 Å². The van der Waals surface area contributed by atoms with Gasteiger partial charge in [-0.15, -0.1) is 0 Å². The van der Waals surface area contributed by atoms with Crippen LogP contribution in [0.3, 0.4) is 0 Å². The third-order valence-electron chi connectivity index (χ3n) is 7.47. The second kappa shape index (κ2) is 9.16. The number of rotatable bonds is 6. The van der Waals surface area contributed by atoms with E-state index in [0.29, 0.717) is 50.6 Å². The van der Waals surface area contributed by atoms with Crippen molar-refractivity contribution < 1.29 is 19.1 Å². The van der Waals surface area contributed by atoms with Crippen molar-refractivity contribution in [2.75, 3.05) is 40.4 Å². The number of likely N-dealkylation sites (tertiary alicyclic amines) is 2. The van der Waals surface area contributed by atoms with Crippen LogP contribution in [0.4, 0.5) is 0 Å². The van der Waals surface area contributed by atoms with Crippen molar-refractivity contribution in [3.8, 4) is 11.5 Å². The Hall–Kier alpha value is -3.29. The molecule has 0 radical (unpaired) electrons. The van der Waals surface area contributed by atoms with E-state index in [1.807, 2.05) is 33.7 Å². The monoisotopic (exact) mass is 465 g/mol. The molecule has 4 heterocycles. The average molecular weight is 466 g/mol. The molecule has 3 aliphatic rings. The van der Waals surface area contributed by atoms with Gasteiger partial charge in [-0.05, 0) is 42.5 Å². The van der Waals surface area contributed by atoms with Gasteiger partial charge in [0, 0.05) is 56.8 Å². The third kappa shape index (κ3) is 4.17. The van der Waals surface area contributed by atoms with E-state index in [1.165, 1.54) is 0 Å². The number of pyridine rings is 1. The first-order valence-corrected chi connectivity index (χ1v) is 11.9. The number of amides is 2. The summed E-state index contributed by atoms with van der Waals surface area (Å²) in [7, 11) is 3.21. The van der Waals surface area contributed by atoms with Crippen LogP contribution in [0.1, 0.15) is 30.0 Å². The van der Waals surface area contributed by atoms with Crippen LogP contribution >= 0.6 is 0 Å². The Morgan fingerprint density at radius 3 is 2.62 bits per heavy atom. The van der Waals surface area contributed by atoms with Crippen molar-refractivity contribution in [2.24, 2.45) is 11.8 Å². The maximum absolute atomic E-state index is 13.4. The number of methoxy groups -OCH3 is 2. The van der Waals surface area contributed by atoms with E-state index in [2.05, 4.69) is 0 Å². The summed E-state index contributed by atoms with van der Waals surface area (Å²) in [6, 6.07) is 11.2. The van der Waals surface area contributed by atoms with Crippen molar-refractivity contribution in [3.63, 3.8) is 0 Å². The summed E-state index contributed by atoms with van der Waals surface area (Å²) < 4.78 is 12.5. The summed E-state index contributed by atoms with van der Waals surface area (Å²) in [5, 5.41) is 0. The molecular weight excluding hydrogens is 434 g/mol. The second-order valence-electron chi connectivity index (χ2n) is 9.62. The van der Waals surface area contributed by atoms with E-state index >= 15 is 0 Å². The van der Waals surface area contributed by atoms with Crippen molar-refractivity contribution in [1.82, 2.24) is 14.4 Å². The minimum atomic E-state index is -0.297. The highest BCUT2D eigenvalue weighted by molar-refractivity contribution is 5.89. The van der Waals surface area contributed by atoms with Gasteiger partial charge < -0.3 is 23.8 Å². The van der Waals surface area contributed by atoms with E-state index in [0.717, 1.165) is 17.7 Å². The molecule has 1 aromatic carbocycles. The maximum atomic E-state index is 13.4. The van der Waals surface area contributed by atoms with Gasteiger partial charge in [-0.3, -0.25) is 14.4 Å². The molecule has 8 nitrogen and oxygen atoms in total. The summed E-state index contributed by atoms with van der Waals surface area (Å²) in [6.45, 7) is 2.98. The van der Waals surface area contributed by atoms with Crippen LogP contribution in [0.25, 0.3) is 0 Å². The Kier molecular flexibility index (Phi) is 6.06. The van der Waals surface area contributed by atoms with Crippen LogP contribution in [0.5, 0.6) is 11.5 Å². The number of ether oxygens (including phenoxy) is 2. The lowest BCUT2D eigenvalue weighted by Gasteiger charge is -2.43. The summed E-state index contributed by atoms with van der Waals surface area (Å²) in [6.07, 6.45) is 1.97. The van der Waals surface area contributed by atoms with E-state index in [4.69, 9.17) is 9.47 Å². The van der Waals surface area contributed by atoms with Crippen LogP contribution < -0.4 is 15.0 Å². The highest BCUT2D eigenvalue weighted by Gasteiger charge is 2.41. The molecule has 0 saturated carbocycles. The van der Waals surface area contributed by atoms with Crippen molar-refractivity contribution >= 4 is 11.8 Å². The predicted octanol–water partition coefficient (Wildman–Crippen LogP) is 1.90. The van der Waals surface area contributed by atoms with Crippen molar-refractivity contribution in [3.05, 3.63) is 58.0 Å². The Morgan fingerprint density at radius 2 is 1.82 bits per heavy atom. The summed E-state index contributed by atoms with van der Waals surface area (Å²) >= 11 is 0. The molecule has 180 valence electrons. The zero-order valence-corrected chi connectivity index (χ0v) is 19.7. The first kappa shape index (κ1) is 22.5. The molecule has 2 bridgehead atoms. The fraction of sp³-hybridized carbons (Fsp3) is 0.500. The van der Waals surface area contributed by atoms with Gasteiger partial charge in [-0.2, -0.15) is 0 Å². The summed E-state index contributed by atoms with van der Waals surface area (Å²) in [5.74, 6) is 1.62. The Labute approximate surface area is 199 Å². The Balaban J connectivity index is 1.21. The van der Waals surface area contributed by atoms with Gasteiger partial charge in [-0.25, -0.2) is 0 Å². The zero-order chi connectivity index (χ0) is 23.8. The van der Waals surface area contributed by atoms with E-state index < -0.39 is 0 Å². The molecule has 1 unspecified atom stereocenters. The fourth-order valence-electron chi connectivity index (χ4n) is 5.79. The van der Waals surface area contributed by atoms with Gasteiger partial charge in [0.15, 0.2) is 11.5 Å². The van der Waals surface area contributed by atoms with Crippen LogP contribution in [0.2, 0.25) is 0 Å². The lowest BCUT2D eigenvalue weighted by molar-refractivity contribution is -0.138. The molecule has 2 fully saturated rings. The predicted molar refractivity (Wildman–Crippen MR) is 126 cm³/mol. The molecule has 34 heavy (non-hydrogen) atoms. The highest BCUT2D eigenvalue weighted by Crippen LogP contribution is 2.36. The Morgan fingerprint density at radius 1 is 1.00 bits per heavy atom. The number of aromatic nitrogens is 1. The zero-order valence-electron chi connectivity index (χ0n) is 19.7. The first-order chi connectivity index (χ1) is 16.5. The molecule has 2 aromatic rings. The average Bonchev–Trinajstić information content (AvgIpc) is 3.23. The van der Waals surface area contributed by atoms with Gasteiger partial charge in [-0.1, -0.05) is 12.1 Å². The molecule has 1 aromatic heterocycles. The second-order valence-corrected chi connectivity index (χ2v) is 9.62. The lowest BCUT2D eigenvalue weighted by Crippen LogP contribution is -2.50. The van der Waals surface area contributed by atoms with Gasteiger partial charge in [0.25, 0.3) is 5.56 Å². The smallest absolute Gasteiger partial charge is 0.250 e. The van der Waals surface area contributed by atoms with Crippen molar-refractivity contribution in [2.45, 2.75) is 31.7 Å². The molecule has 0 N–H and O–H groups in total. The molecule has 0 aliphatic carbocycles. The first-order valence-electron chi connectivity index (χ1n) is 11.9.